The molecule has 1 aromatic carbocycles. The third-order valence-electron chi connectivity index (χ3n) is 5.29. The van der Waals surface area contributed by atoms with Crippen LogP contribution in [0.5, 0.6) is 0 Å². The largest absolute Gasteiger partial charge is 0.349 e. The van der Waals surface area contributed by atoms with E-state index in [1.54, 1.807) is 17.0 Å². The van der Waals surface area contributed by atoms with E-state index in [-0.39, 0.29) is 30.3 Å². The second-order valence-corrected chi connectivity index (χ2v) is 9.90. The highest BCUT2D eigenvalue weighted by Crippen LogP contribution is 2.32. The summed E-state index contributed by atoms with van der Waals surface area (Å²) in [6.45, 7) is 5.64. The van der Waals surface area contributed by atoms with Crippen LogP contribution in [0.4, 0.5) is 0 Å². The molecule has 0 spiro atoms. The monoisotopic (exact) mass is 441 g/mol. The van der Waals surface area contributed by atoms with Crippen LogP contribution in [0.3, 0.4) is 0 Å². The van der Waals surface area contributed by atoms with Crippen LogP contribution in [0.15, 0.2) is 47.8 Å². The van der Waals surface area contributed by atoms with E-state index in [2.05, 4.69) is 10.6 Å². The first kappa shape index (κ1) is 23.0. The molecule has 1 fully saturated rings. The Hall–Kier alpha value is -2.67. The zero-order chi connectivity index (χ0) is 22.4. The molecule has 1 heterocycles. The average Bonchev–Trinajstić information content (AvgIpc) is 3.43. The lowest BCUT2D eigenvalue weighted by Crippen LogP contribution is -2.53. The number of benzene rings is 1. The highest BCUT2D eigenvalue weighted by Gasteiger charge is 2.38. The number of hydrogen-bond donors (Lipinski definition) is 2. The zero-order valence-corrected chi connectivity index (χ0v) is 19.2. The molecule has 6 nitrogen and oxygen atoms in total. The summed E-state index contributed by atoms with van der Waals surface area (Å²) in [6, 6.07) is 12.2. The molecule has 2 N–H and O–H groups in total. The van der Waals surface area contributed by atoms with Gasteiger partial charge in [-0.25, -0.2) is 0 Å². The third-order valence-corrected chi connectivity index (χ3v) is 6.16. The van der Waals surface area contributed by atoms with Crippen molar-refractivity contribution in [3.8, 4) is 0 Å². The van der Waals surface area contributed by atoms with Crippen LogP contribution in [0.2, 0.25) is 0 Å². The van der Waals surface area contributed by atoms with Crippen molar-refractivity contribution in [1.82, 2.24) is 15.5 Å². The first-order chi connectivity index (χ1) is 14.8. The quantitative estimate of drug-likeness (QED) is 0.684. The summed E-state index contributed by atoms with van der Waals surface area (Å²) >= 11 is 1.33. The number of amides is 3. The zero-order valence-electron chi connectivity index (χ0n) is 18.4. The smallest absolute Gasteiger partial charge is 0.261 e. The lowest BCUT2D eigenvalue weighted by molar-refractivity contribution is -0.143. The average molecular weight is 442 g/mol. The predicted molar refractivity (Wildman–Crippen MR) is 123 cm³/mol. The van der Waals surface area contributed by atoms with Gasteiger partial charge in [-0.15, -0.1) is 11.3 Å². The van der Waals surface area contributed by atoms with Crippen molar-refractivity contribution in [2.45, 2.75) is 64.1 Å². The van der Waals surface area contributed by atoms with Crippen molar-refractivity contribution in [2.75, 3.05) is 6.54 Å². The van der Waals surface area contributed by atoms with Crippen LogP contribution in [0.25, 0.3) is 0 Å². The number of hydrogen-bond acceptors (Lipinski definition) is 4. The van der Waals surface area contributed by atoms with Crippen molar-refractivity contribution < 1.29 is 14.4 Å². The molecule has 1 aromatic heterocycles. The summed E-state index contributed by atoms with van der Waals surface area (Å²) in [5.41, 5.74) is 0.344. The minimum absolute atomic E-state index is 0.0259. The second kappa shape index (κ2) is 10.1. The summed E-state index contributed by atoms with van der Waals surface area (Å²) in [6.07, 6.45) is 3.77. The van der Waals surface area contributed by atoms with Crippen LogP contribution >= 0.6 is 11.3 Å². The van der Waals surface area contributed by atoms with Gasteiger partial charge in [0.1, 0.15) is 6.04 Å². The fourth-order valence-corrected chi connectivity index (χ4v) is 4.63. The Balaban J connectivity index is 1.88. The Morgan fingerprint density at radius 2 is 1.74 bits per heavy atom. The third kappa shape index (κ3) is 6.17. The van der Waals surface area contributed by atoms with Gasteiger partial charge in [0.2, 0.25) is 11.8 Å². The highest BCUT2D eigenvalue weighted by molar-refractivity contribution is 7.12. The van der Waals surface area contributed by atoms with Gasteiger partial charge in [0, 0.05) is 11.6 Å². The first-order valence-corrected chi connectivity index (χ1v) is 11.6. The summed E-state index contributed by atoms with van der Waals surface area (Å²) < 4.78 is 0. The molecule has 166 valence electrons. The maximum absolute atomic E-state index is 13.4. The molecule has 1 aliphatic carbocycles. The number of carbonyl (C=O) groups is 3. The van der Waals surface area contributed by atoms with E-state index in [1.165, 1.54) is 11.3 Å². The molecular weight excluding hydrogens is 410 g/mol. The minimum atomic E-state index is -0.741. The Labute approximate surface area is 188 Å². The van der Waals surface area contributed by atoms with Gasteiger partial charge in [-0.1, -0.05) is 49.2 Å². The van der Waals surface area contributed by atoms with Crippen molar-refractivity contribution >= 4 is 29.1 Å². The molecule has 3 amide bonds. The fourth-order valence-electron chi connectivity index (χ4n) is 3.99. The number of rotatable bonds is 7. The summed E-state index contributed by atoms with van der Waals surface area (Å²) in [5.74, 6) is -0.719. The summed E-state index contributed by atoms with van der Waals surface area (Å²) in [5, 5.41) is 7.60. The van der Waals surface area contributed by atoms with Gasteiger partial charge in [-0.05, 0) is 50.6 Å². The van der Waals surface area contributed by atoms with Crippen LogP contribution in [-0.2, 0) is 9.59 Å². The molecule has 3 rings (SSSR count). The van der Waals surface area contributed by atoms with Gasteiger partial charge in [-0.2, -0.15) is 0 Å². The minimum Gasteiger partial charge on any atom is -0.349 e. The number of nitrogens with zero attached hydrogens (tertiary/aromatic N) is 1. The molecule has 0 aliphatic heterocycles. The molecule has 1 aliphatic rings. The first-order valence-electron chi connectivity index (χ1n) is 10.8. The van der Waals surface area contributed by atoms with Crippen LogP contribution in [0.1, 0.15) is 67.7 Å². The standard InChI is InChI=1S/C24H31N3O3S/c1-24(2,3)26-23(30)21(17-10-5-4-6-11-17)27(18-12-7-8-13-18)20(28)16-25-22(29)19-14-9-15-31-19/h4-6,9-11,14-15,18,21H,7-8,12-13,16H2,1-3H3,(H,25,29)(H,26,30)/t21-/m1/s1. The maximum atomic E-state index is 13.4. The van der Waals surface area contributed by atoms with Gasteiger partial charge in [0.25, 0.3) is 5.91 Å². The molecule has 2 aromatic rings. The SMILES string of the molecule is CC(C)(C)NC(=O)[C@@H](c1ccccc1)N(C(=O)CNC(=O)c1cccs1)C1CCCC1. The molecule has 1 atom stereocenters. The van der Waals surface area contributed by atoms with E-state index < -0.39 is 11.6 Å². The Morgan fingerprint density at radius 3 is 2.32 bits per heavy atom. The molecule has 0 radical (unpaired) electrons. The Bertz CT molecular complexity index is 885. The van der Waals surface area contributed by atoms with Gasteiger partial charge >= 0.3 is 0 Å². The highest BCUT2D eigenvalue weighted by atomic mass is 32.1. The molecule has 31 heavy (non-hydrogen) atoms. The fraction of sp³-hybridized carbons (Fsp3) is 0.458. The van der Waals surface area contributed by atoms with Crippen molar-refractivity contribution in [1.29, 1.82) is 0 Å². The molecule has 0 saturated heterocycles. The number of carbonyl (C=O) groups excluding carboxylic acids is 3. The van der Waals surface area contributed by atoms with Crippen LogP contribution in [-0.4, -0.2) is 40.7 Å². The topological polar surface area (TPSA) is 78.5 Å². The van der Waals surface area contributed by atoms with Gasteiger partial charge < -0.3 is 15.5 Å². The van der Waals surface area contributed by atoms with E-state index in [9.17, 15) is 14.4 Å². The molecule has 1 saturated carbocycles. The second-order valence-electron chi connectivity index (χ2n) is 8.95. The lowest BCUT2D eigenvalue weighted by atomic mass is 9.99. The van der Waals surface area contributed by atoms with E-state index >= 15 is 0 Å². The lowest BCUT2D eigenvalue weighted by Gasteiger charge is -2.37. The summed E-state index contributed by atoms with van der Waals surface area (Å²) in [7, 11) is 0. The van der Waals surface area contributed by atoms with Crippen molar-refractivity contribution in [2.24, 2.45) is 0 Å². The van der Waals surface area contributed by atoms with Crippen molar-refractivity contribution in [3.05, 3.63) is 58.3 Å². The van der Waals surface area contributed by atoms with E-state index in [4.69, 9.17) is 0 Å². The van der Waals surface area contributed by atoms with Gasteiger partial charge in [0.15, 0.2) is 0 Å². The number of thiophene rings is 1. The summed E-state index contributed by atoms with van der Waals surface area (Å²) in [4.78, 5) is 41.5. The van der Waals surface area contributed by atoms with Gasteiger partial charge in [-0.3, -0.25) is 14.4 Å². The van der Waals surface area contributed by atoms with Crippen LogP contribution in [0, 0.1) is 0 Å². The van der Waals surface area contributed by atoms with E-state index in [0.29, 0.717) is 4.88 Å². The molecule has 0 bridgehead atoms. The van der Waals surface area contributed by atoms with Crippen molar-refractivity contribution in [3.63, 3.8) is 0 Å². The maximum Gasteiger partial charge on any atom is 0.261 e. The molecule has 0 unspecified atom stereocenters. The normalized spacial score (nSPS) is 15.3. The Morgan fingerprint density at radius 1 is 1.06 bits per heavy atom. The Kier molecular flexibility index (Phi) is 7.49. The molecular formula is C24H31N3O3S. The molecule has 7 heteroatoms. The predicted octanol–water partition coefficient (Wildman–Crippen LogP) is 3.91. The van der Waals surface area contributed by atoms with Crippen LogP contribution < -0.4 is 10.6 Å². The van der Waals surface area contributed by atoms with E-state index in [1.807, 2.05) is 56.5 Å². The van der Waals surface area contributed by atoms with E-state index in [0.717, 1.165) is 31.2 Å². The number of nitrogens with one attached hydrogen (secondary N) is 2. The van der Waals surface area contributed by atoms with Gasteiger partial charge in [0.05, 0.1) is 11.4 Å².